The smallest absolute Gasteiger partial charge is 0.323 e. The zero-order valence-electron chi connectivity index (χ0n) is 15.5. The molecule has 1 heterocycles. The molecule has 2 aromatic carbocycles. The lowest BCUT2D eigenvalue weighted by Gasteiger charge is -2.22. The number of nitrogens with one attached hydrogen (secondary N) is 3. The monoisotopic (exact) mass is 442 g/mol. The molecule has 0 aromatic heterocycles. The van der Waals surface area contributed by atoms with Gasteiger partial charge in [-0.2, -0.15) is 0 Å². The van der Waals surface area contributed by atoms with Gasteiger partial charge in [-0.3, -0.25) is 4.79 Å². The van der Waals surface area contributed by atoms with Crippen LogP contribution >= 0.6 is 15.9 Å². The van der Waals surface area contributed by atoms with Crippen LogP contribution in [0.25, 0.3) is 0 Å². The Labute approximate surface area is 172 Å². The van der Waals surface area contributed by atoms with E-state index in [4.69, 9.17) is 0 Å². The van der Waals surface area contributed by atoms with E-state index in [0.29, 0.717) is 16.9 Å². The van der Waals surface area contributed by atoms with E-state index in [9.17, 15) is 9.59 Å². The van der Waals surface area contributed by atoms with Crippen molar-refractivity contribution in [3.05, 3.63) is 52.5 Å². The van der Waals surface area contributed by atoms with E-state index in [1.165, 1.54) is 0 Å². The van der Waals surface area contributed by atoms with Gasteiger partial charge in [-0.25, -0.2) is 4.79 Å². The van der Waals surface area contributed by atoms with Crippen molar-refractivity contribution in [2.24, 2.45) is 0 Å². The quantitative estimate of drug-likeness (QED) is 0.633. The Balaban J connectivity index is 1.50. The third-order valence-corrected chi connectivity index (χ3v) is 5.49. The van der Waals surface area contributed by atoms with Gasteiger partial charge in [0.05, 0.1) is 5.56 Å². The summed E-state index contributed by atoms with van der Waals surface area (Å²) in [5.41, 5.74) is 2.85. The van der Waals surface area contributed by atoms with Gasteiger partial charge >= 0.3 is 6.03 Å². The summed E-state index contributed by atoms with van der Waals surface area (Å²) in [5, 5.41) is 8.68. The summed E-state index contributed by atoms with van der Waals surface area (Å²) < 4.78 is 0.947. The average Bonchev–Trinajstić information content (AvgIpc) is 3.32. The fourth-order valence-electron chi connectivity index (χ4n) is 3.35. The van der Waals surface area contributed by atoms with E-state index in [-0.39, 0.29) is 18.0 Å². The molecule has 3 N–H and O–H groups in total. The Morgan fingerprint density at radius 1 is 0.929 bits per heavy atom. The first kappa shape index (κ1) is 18.8. The van der Waals surface area contributed by atoms with Crippen LogP contribution in [0.4, 0.5) is 21.9 Å². The molecule has 146 valence electrons. The summed E-state index contributed by atoms with van der Waals surface area (Å²) in [4.78, 5) is 27.3. The highest BCUT2D eigenvalue weighted by atomic mass is 79.9. The summed E-state index contributed by atoms with van der Waals surface area (Å²) in [6.07, 6.45) is 4.36. The predicted molar refractivity (Wildman–Crippen MR) is 115 cm³/mol. The van der Waals surface area contributed by atoms with Crippen molar-refractivity contribution in [1.29, 1.82) is 0 Å². The first-order chi connectivity index (χ1) is 13.6. The SMILES string of the molecule is O=C(Nc1ccc(Br)cc1)Nc1ccc(N2CCCC2)c(C(=O)NC2CC2)c1. The fraction of sp³-hybridized carbons (Fsp3) is 0.333. The maximum Gasteiger partial charge on any atom is 0.323 e. The maximum atomic E-state index is 12.8. The summed E-state index contributed by atoms with van der Waals surface area (Å²) in [6, 6.07) is 12.9. The number of benzene rings is 2. The van der Waals surface area contributed by atoms with E-state index in [0.717, 1.165) is 48.9 Å². The third kappa shape index (κ3) is 4.65. The van der Waals surface area contributed by atoms with Crippen LogP contribution in [-0.4, -0.2) is 31.1 Å². The lowest BCUT2D eigenvalue weighted by molar-refractivity contribution is 0.0951. The van der Waals surface area contributed by atoms with Gasteiger partial charge < -0.3 is 20.9 Å². The van der Waals surface area contributed by atoms with E-state index in [2.05, 4.69) is 36.8 Å². The van der Waals surface area contributed by atoms with Crippen molar-refractivity contribution in [2.45, 2.75) is 31.7 Å². The van der Waals surface area contributed by atoms with Gasteiger partial charge in [0.2, 0.25) is 0 Å². The van der Waals surface area contributed by atoms with Crippen LogP contribution in [-0.2, 0) is 0 Å². The van der Waals surface area contributed by atoms with Crippen molar-refractivity contribution in [2.75, 3.05) is 28.6 Å². The van der Waals surface area contributed by atoms with Crippen LogP contribution in [0.2, 0.25) is 0 Å². The zero-order valence-corrected chi connectivity index (χ0v) is 17.1. The minimum absolute atomic E-state index is 0.0682. The number of rotatable bonds is 5. The highest BCUT2D eigenvalue weighted by Gasteiger charge is 2.26. The summed E-state index contributed by atoms with van der Waals surface area (Å²) in [7, 11) is 0. The molecular formula is C21H23BrN4O2. The molecule has 2 fully saturated rings. The predicted octanol–water partition coefficient (Wildman–Crippen LogP) is 4.59. The van der Waals surface area contributed by atoms with Crippen molar-refractivity contribution < 1.29 is 9.59 Å². The van der Waals surface area contributed by atoms with Gasteiger partial charge in [0.1, 0.15) is 0 Å². The normalized spacial score (nSPS) is 16.0. The van der Waals surface area contributed by atoms with Crippen molar-refractivity contribution >= 4 is 44.9 Å². The first-order valence-corrected chi connectivity index (χ1v) is 10.4. The van der Waals surface area contributed by atoms with E-state index >= 15 is 0 Å². The Morgan fingerprint density at radius 3 is 2.25 bits per heavy atom. The molecule has 7 heteroatoms. The molecule has 1 saturated carbocycles. The van der Waals surface area contributed by atoms with Crippen molar-refractivity contribution in [3.63, 3.8) is 0 Å². The van der Waals surface area contributed by atoms with E-state index in [1.54, 1.807) is 6.07 Å². The molecule has 3 amide bonds. The number of hydrogen-bond acceptors (Lipinski definition) is 3. The first-order valence-electron chi connectivity index (χ1n) is 9.62. The molecule has 0 radical (unpaired) electrons. The van der Waals surface area contributed by atoms with E-state index < -0.39 is 0 Å². The molecular weight excluding hydrogens is 420 g/mol. The Kier molecular flexibility index (Phi) is 5.52. The molecule has 2 aromatic rings. The Hall–Kier alpha value is -2.54. The molecule has 0 spiro atoms. The largest absolute Gasteiger partial charge is 0.371 e. The number of halogens is 1. The number of anilines is 3. The van der Waals surface area contributed by atoms with Crippen molar-refractivity contribution in [1.82, 2.24) is 5.32 Å². The molecule has 28 heavy (non-hydrogen) atoms. The van der Waals surface area contributed by atoms with E-state index in [1.807, 2.05) is 36.4 Å². The minimum atomic E-state index is -0.343. The van der Waals surface area contributed by atoms with Crippen molar-refractivity contribution in [3.8, 4) is 0 Å². The lowest BCUT2D eigenvalue weighted by atomic mass is 10.1. The van der Waals surface area contributed by atoms with Crippen LogP contribution in [0.15, 0.2) is 46.9 Å². The van der Waals surface area contributed by atoms with Gasteiger partial charge in [0.25, 0.3) is 5.91 Å². The number of amides is 3. The number of urea groups is 1. The van der Waals surface area contributed by atoms with Gasteiger partial charge in [-0.05, 0) is 68.1 Å². The molecule has 4 rings (SSSR count). The zero-order chi connectivity index (χ0) is 19.5. The van der Waals surface area contributed by atoms with Gasteiger partial charge in [-0.1, -0.05) is 15.9 Å². The lowest BCUT2D eigenvalue weighted by Crippen LogP contribution is -2.29. The molecule has 0 atom stereocenters. The molecule has 1 saturated heterocycles. The fourth-order valence-corrected chi connectivity index (χ4v) is 3.61. The standard InChI is InChI=1S/C21H23BrN4O2/c22-14-3-5-16(6-4-14)24-21(28)25-17-9-10-19(26-11-1-2-12-26)18(13-17)20(27)23-15-7-8-15/h3-6,9-10,13,15H,1-2,7-8,11-12H2,(H,23,27)(H2,24,25,28). The van der Waals surface area contributed by atoms with Crippen LogP contribution in [0.5, 0.6) is 0 Å². The Bertz CT molecular complexity index is 874. The second kappa shape index (κ2) is 8.22. The maximum absolute atomic E-state index is 12.8. The topological polar surface area (TPSA) is 73.5 Å². The highest BCUT2D eigenvalue weighted by molar-refractivity contribution is 9.10. The number of carbonyl (C=O) groups is 2. The summed E-state index contributed by atoms with van der Waals surface area (Å²) >= 11 is 3.37. The minimum Gasteiger partial charge on any atom is -0.371 e. The second-order valence-electron chi connectivity index (χ2n) is 7.26. The summed E-state index contributed by atoms with van der Waals surface area (Å²) in [6.45, 7) is 1.92. The van der Waals surface area contributed by atoms with Crippen LogP contribution in [0.3, 0.4) is 0 Å². The third-order valence-electron chi connectivity index (χ3n) is 4.96. The van der Waals surface area contributed by atoms with Crippen LogP contribution < -0.4 is 20.9 Å². The molecule has 0 unspecified atom stereocenters. The molecule has 6 nitrogen and oxygen atoms in total. The summed E-state index contributed by atoms with van der Waals surface area (Å²) in [5.74, 6) is -0.0682. The van der Waals surface area contributed by atoms with Crippen LogP contribution in [0.1, 0.15) is 36.0 Å². The number of carbonyl (C=O) groups excluding carboxylic acids is 2. The molecule has 1 aliphatic carbocycles. The number of hydrogen-bond donors (Lipinski definition) is 3. The van der Waals surface area contributed by atoms with Gasteiger partial charge in [-0.15, -0.1) is 0 Å². The molecule has 2 aliphatic rings. The molecule has 1 aliphatic heterocycles. The Morgan fingerprint density at radius 2 is 1.57 bits per heavy atom. The second-order valence-corrected chi connectivity index (χ2v) is 8.18. The van der Waals surface area contributed by atoms with Gasteiger partial charge in [0.15, 0.2) is 0 Å². The van der Waals surface area contributed by atoms with Gasteiger partial charge in [0, 0.05) is 40.7 Å². The number of nitrogens with zero attached hydrogens (tertiary/aromatic N) is 1. The highest BCUT2D eigenvalue weighted by Crippen LogP contribution is 2.29. The average molecular weight is 443 g/mol. The molecule has 0 bridgehead atoms. The van der Waals surface area contributed by atoms with Crippen LogP contribution in [0, 0.1) is 0 Å².